The third-order valence-electron chi connectivity index (χ3n) is 6.36. The first-order valence-electron chi connectivity index (χ1n) is 11.4. The van der Waals surface area contributed by atoms with Crippen molar-refractivity contribution in [2.45, 2.75) is 26.3 Å². The number of carbonyl (C=O) groups excluding carboxylic acids is 2. The summed E-state index contributed by atoms with van der Waals surface area (Å²) < 4.78 is 2.43. The average molecular weight is 432 g/mol. The molecule has 162 valence electrons. The van der Waals surface area contributed by atoms with Gasteiger partial charge in [-0.15, -0.1) is 0 Å². The molecule has 0 atom stereocenters. The van der Waals surface area contributed by atoms with E-state index in [0.717, 1.165) is 54.2 Å². The second kappa shape index (κ2) is 8.87. The summed E-state index contributed by atoms with van der Waals surface area (Å²) in [5.41, 5.74) is 8.32. The predicted molar refractivity (Wildman–Crippen MR) is 136 cm³/mol. The van der Waals surface area contributed by atoms with Gasteiger partial charge in [-0.1, -0.05) is 86.1 Å². The third-order valence-corrected chi connectivity index (χ3v) is 6.36. The van der Waals surface area contributed by atoms with Gasteiger partial charge >= 0.3 is 0 Å². The van der Waals surface area contributed by atoms with E-state index in [9.17, 15) is 9.59 Å². The molecule has 3 heteroatoms. The number of fused-ring (bicyclic) bond motifs is 3. The molecule has 0 bridgehead atoms. The molecule has 5 rings (SSSR count). The third kappa shape index (κ3) is 3.87. The molecule has 0 aliphatic rings. The molecule has 0 radical (unpaired) electrons. The van der Waals surface area contributed by atoms with Crippen LogP contribution in [0.2, 0.25) is 0 Å². The first-order valence-corrected chi connectivity index (χ1v) is 11.4. The molecule has 0 aliphatic heterocycles. The number of rotatable bonds is 7. The number of hydrogen-bond donors (Lipinski definition) is 0. The summed E-state index contributed by atoms with van der Waals surface area (Å²) in [4.78, 5) is 22.0. The fourth-order valence-electron chi connectivity index (χ4n) is 4.52. The Morgan fingerprint density at radius 2 is 1.03 bits per heavy atom. The molecule has 5 aromatic rings. The zero-order valence-electron chi connectivity index (χ0n) is 18.6. The zero-order chi connectivity index (χ0) is 22.8. The Morgan fingerprint density at radius 3 is 1.42 bits per heavy atom. The summed E-state index contributed by atoms with van der Waals surface area (Å²) in [6.07, 6.45) is 3.98. The van der Waals surface area contributed by atoms with E-state index in [-0.39, 0.29) is 0 Å². The summed E-state index contributed by atoms with van der Waals surface area (Å²) >= 11 is 0. The Morgan fingerprint density at radius 1 is 0.606 bits per heavy atom. The van der Waals surface area contributed by atoms with Crippen molar-refractivity contribution in [3.05, 3.63) is 96.1 Å². The lowest BCUT2D eigenvalue weighted by molar-refractivity contribution is 0.111. The highest BCUT2D eigenvalue weighted by molar-refractivity contribution is 6.10. The van der Waals surface area contributed by atoms with E-state index in [1.54, 1.807) is 0 Å². The monoisotopic (exact) mass is 431 g/mol. The van der Waals surface area contributed by atoms with E-state index < -0.39 is 0 Å². The van der Waals surface area contributed by atoms with Gasteiger partial charge in [-0.3, -0.25) is 9.59 Å². The van der Waals surface area contributed by atoms with Gasteiger partial charge in [0.05, 0.1) is 0 Å². The number of unbranched alkanes of at least 4 members (excludes halogenated alkanes) is 1. The molecule has 33 heavy (non-hydrogen) atoms. The fraction of sp³-hybridized carbons (Fsp3) is 0.133. The van der Waals surface area contributed by atoms with E-state index in [2.05, 4.69) is 47.9 Å². The average Bonchev–Trinajstić information content (AvgIpc) is 3.19. The number of aryl methyl sites for hydroxylation is 1. The van der Waals surface area contributed by atoms with Gasteiger partial charge < -0.3 is 4.57 Å². The van der Waals surface area contributed by atoms with Crippen LogP contribution in [0.3, 0.4) is 0 Å². The van der Waals surface area contributed by atoms with Gasteiger partial charge in [-0.05, 0) is 40.8 Å². The second-order valence-electron chi connectivity index (χ2n) is 8.45. The number of carbonyl (C=O) groups is 2. The molecule has 3 nitrogen and oxygen atoms in total. The van der Waals surface area contributed by atoms with Gasteiger partial charge in [0.15, 0.2) is 0 Å². The minimum atomic E-state index is 0.686. The maximum atomic E-state index is 11.0. The smallest absolute Gasteiger partial charge is 0.150 e. The van der Waals surface area contributed by atoms with Crippen LogP contribution in [-0.4, -0.2) is 17.1 Å². The molecule has 0 saturated carbocycles. The lowest BCUT2D eigenvalue weighted by Gasteiger charge is -2.09. The van der Waals surface area contributed by atoms with E-state index in [1.807, 2.05) is 48.5 Å². The van der Waals surface area contributed by atoms with Crippen molar-refractivity contribution in [1.29, 1.82) is 0 Å². The standard InChI is InChI=1S/C30H25NO2/c1-2-3-16-31-29-17-25(23-8-4-21(19-32)5-9-23)12-14-27(29)28-15-13-26(18-30(28)31)24-10-6-22(20-33)7-11-24/h4-15,17-20H,2-3,16H2,1H3. The van der Waals surface area contributed by atoms with Crippen molar-refractivity contribution in [3.8, 4) is 22.3 Å². The van der Waals surface area contributed by atoms with Crippen LogP contribution in [0.4, 0.5) is 0 Å². The van der Waals surface area contributed by atoms with Crippen LogP contribution in [0.1, 0.15) is 40.5 Å². The van der Waals surface area contributed by atoms with Crippen LogP contribution in [0.25, 0.3) is 44.1 Å². The van der Waals surface area contributed by atoms with Gasteiger partial charge in [-0.2, -0.15) is 0 Å². The van der Waals surface area contributed by atoms with Gasteiger partial charge in [0.2, 0.25) is 0 Å². The first-order chi connectivity index (χ1) is 16.2. The van der Waals surface area contributed by atoms with Crippen LogP contribution in [0.15, 0.2) is 84.9 Å². The number of hydrogen-bond acceptors (Lipinski definition) is 2. The topological polar surface area (TPSA) is 39.1 Å². The van der Waals surface area contributed by atoms with Crippen molar-refractivity contribution >= 4 is 34.4 Å². The number of aromatic nitrogens is 1. The molecule has 0 unspecified atom stereocenters. The van der Waals surface area contributed by atoms with E-state index in [4.69, 9.17) is 0 Å². The van der Waals surface area contributed by atoms with Gasteiger partial charge in [0.25, 0.3) is 0 Å². The van der Waals surface area contributed by atoms with Crippen molar-refractivity contribution in [1.82, 2.24) is 4.57 Å². The van der Waals surface area contributed by atoms with E-state index in [1.165, 1.54) is 21.8 Å². The lowest BCUT2D eigenvalue weighted by atomic mass is 10.0. The minimum Gasteiger partial charge on any atom is -0.340 e. The SMILES string of the molecule is CCCCn1c2cc(-c3ccc(C=O)cc3)ccc2c2ccc(-c3ccc(C=O)cc3)cc21. The normalized spacial score (nSPS) is 11.2. The number of nitrogens with zero attached hydrogens (tertiary/aromatic N) is 1. The molecule has 0 N–H and O–H groups in total. The molecule has 4 aromatic carbocycles. The van der Waals surface area contributed by atoms with Crippen LogP contribution < -0.4 is 0 Å². The molecule has 1 heterocycles. The molecule has 0 spiro atoms. The molecular formula is C30H25NO2. The summed E-state index contributed by atoms with van der Waals surface area (Å²) in [7, 11) is 0. The Labute approximate surface area is 193 Å². The van der Waals surface area contributed by atoms with Crippen molar-refractivity contribution in [2.75, 3.05) is 0 Å². The predicted octanol–water partition coefficient (Wildman–Crippen LogP) is 7.55. The summed E-state index contributed by atoms with van der Waals surface area (Å²) in [5, 5.41) is 2.49. The summed E-state index contributed by atoms with van der Waals surface area (Å²) in [6, 6.07) is 28.7. The Kier molecular flexibility index (Phi) is 5.62. The van der Waals surface area contributed by atoms with Crippen molar-refractivity contribution in [2.24, 2.45) is 0 Å². The maximum Gasteiger partial charge on any atom is 0.150 e. The molecular weight excluding hydrogens is 406 g/mol. The second-order valence-corrected chi connectivity index (χ2v) is 8.45. The highest BCUT2D eigenvalue weighted by atomic mass is 16.1. The van der Waals surface area contributed by atoms with Crippen LogP contribution in [0, 0.1) is 0 Å². The highest BCUT2D eigenvalue weighted by Gasteiger charge is 2.13. The van der Waals surface area contributed by atoms with Crippen molar-refractivity contribution in [3.63, 3.8) is 0 Å². The van der Waals surface area contributed by atoms with Gasteiger partial charge in [0.1, 0.15) is 12.6 Å². The van der Waals surface area contributed by atoms with Crippen LogP contribution in [0.5, 0.6) is 0 Å². The van der Waals surface area contributed by atoms with E-state index in [0.29, 0.717) is 11.1 Å². The largest absolute Gasteiger partial charge is 0.340 e. The Hall–Kier alpha value is -3.98. The van der Waals surface area contributed by atoms with Gasteiger partial charge in [-0.25, -0.2) is 0 Å². The Balaban J connectivity index is 1.67. The van der Waals surface area contributed by atoms with Crippen LogP contribution >= 0.6 is 0 Å². The summed E-state index contributed by atoms with van der Waals surface area (Å²) in [5.74, 6) is 0. The Bertz CT molecular complexity index is 1350. The minimum absolute atomic E-state index is 0.686. The maximum absolute atomic E-state index is 11.0. The zero-order valence-corrected chi connectivity index (χ0v) is 18.6. The molecule has 0 fully saturated rings. The first kappa shape index (κ1) is 20.9. The summed E-state index contributed by atoms with van der Waals surface area (Å²) in [6.45, 7) is 3.17. The molecule has 0 aliphatic carbocycles. The van der Waals surface area contributed by atoms with Crippen LogP contribution in [-0.2, 0) is 6.54 Å². The molecule has 0 amide bonds. The van der Waals surface area contributed by atoms with Gasteiger partial charge in [0, 0.05) is 39.5 Å². The quantitative estimate of drug-likeness (QED) is 0.250. The fourth-order valence-corrected chi connectivity index (χ4v) is 4.52. The lowest BCUT2D eigenvalue weighted by Crippen LogP contribution is -1.97. The molecule has 0 saturated heterocycles. The molecule has 1 aromatic heterocycles. The highest BCUT2D eigenvalue weighted by Crippen LogP contribution is 2.35. The van der Waals surface area contributed by atoms with E-state index >= 15 is 0 Å². The number of benzene rings is 4. The number of aldehydes is 2. The van der Waals surface area contributed by atoms with Crippen molar-refractivity contribution < 1.29 is 9.59 Å².